The molecule has 3 heterocycles. The number of ether oxygens (including phenoxy) is 1. The summed E-state index contributed by atoms with van der Waals surface area (Å²) in [6.45, 7) is 8.38. The first-order valence-corrected chi connectivity index (χ1v) is 19.1. The quantitative estimate of drug-likeness (QED) is 0.180. The predicted molar refractivity (Wildman–Crippen MR) is 195 cm³/mol. The van der Waals surface area contributed by atoms with Crippen LogP contribution in [0.15, 0.2) is 23.7 Å². The molecule has 290 valence electrons. The number of halogens is 1. The van der Waals surface area contributed by atoms with Crippen molar-refractivity contribution in [3.63, 3.8) is 0 Å². The highest BCUT2D eigenvalue weighted by molar-refractivity contribution is 7.13. The number of carbonyl (C=O) groups is 5. The van der Waals surface area contributed by atoms with E-state index in [1.54, 1.807) is 31.2 Å². The molecule has 1 aliphatic carbocycles. The van der Waals surface area contributed by atoms with Gasteiger partial charge in [0.2, 0.25) is 11.8 Å². The number of piperidine rings is 1. The number of β-amino-alcohol motifs (C(OH)–C–C–N with tert-alkyl or cyclic N) is 1. The van der Waals surface area contributed by atoms with Crippen LogP contribution >= 0.6 is 11.3 Å². The fourth-order valence-electron chi connectivity index (χ4n) is 6.86. The summed E-state index contributed by atoms with van der Waals surface area (Å²) in [4.78, 5) is 72.4. The second-order valence-corrected chi connectivity index (χ2v) is 16.3. The molecule has 0 bridgehead atoms. The number of hydrogen-bond acceptors (Lipinski definition) is 9. The number of nitrogens with zero attached hydrogens (tertiary/aromatic N) is 3. The van der Waals surface area contributed by atoms with Gasteiger partial charge in [0.1, 0.15) is 17.8 Å². The van der Waals surface area contributed by atoms with Crippen molar-refractivity contribution in [3.8, 4) is 16.2 Å². The summed E-state index contributed by atoms with van der Waals surface area (Å²) in [7, 11) is 0. The molecule has 53 heavy (non-hydrogen) atoms. The van der Waals surface area contributed by atoms with Crippen molar-refractivity contribution in [1.82, 2.24) is 30.7 Å². The van der Waals surface area contributed by atoms with E-state index < -0.39 is 53.1 Å². The van der Waals surface area contributed by atoms with Gasteiger partial charge >= 0.3 is 6.09 Å². The smallest absolute Gasteiger partial charge is 0.404 e. The number of carboxylic acid groups (broad SMARTS) is 1. The molecule has 3 fully saturated rings. The van der Waals surface area contributed by atoms with Crippen LogP contribution in [0.25, 0.3) is 10.4 Å². The van der Waals surface area contributed by atoms with Crippen LogP contribution in [-0.4, -0.2) is 111 Å². The average molecular weight is 759 g/mol. The van der Waals surface area contributed by atoms with Crippen LogP contribution in [-0.2, 0) is 25.7 Å². The number of alkyl halides is 1. The Hall–Kier alpha value is -4.31. The maximum Gasteiger partial charge on any atom is 0.404 e. The number of carbonyl (C=O) groups excluding carboxylic acids is 4. The summed E-state index contributed by atoms with van der Waals surface area (Å²) in [6, 6.07) is 3.37. The van der Waals surface area contributed by atoms with Crippen LogP contribution in [0.5, 0.6) is 5.75 Å². The van der Waals surface area contributed by atoms with Gasteiger partial charge in [-0.3, -0.25) is 19.2 Å². The molecule has 2 aliphatic heterocycles. The topological polar surface area (TPSA) is 190 Å². The van der Waals surface area contributed by atoms with Gasteiger partial charge in [-0.05, 0) is 68.4 Å². The molecule has 16 heteroatoms. The number of aliphatic hydroxyl groups excluding tert-OH is 1. The molecule has 3 aliphatic rings. The van der Waals surface area contributed by atoms with Gasteiger partial charge in [0, 0.05) is 44.7 Å². The molecular formula is C37H51FN6O8S. The van der Waals surface area contributed by atoms with E-state index in [0.717, 1.165) is 41.8 Å². The molecule has 2 aromatic rings. The minimum atomic E-state index is -1.98. The van der Waals surface area contributed by atoms with Gasteiger partial charge in [0.05, 0.1) is 22.2 Å². The van der Waals surface area contributed by atoms with Crippen LogP contribution in [0.2, 0.25) is 0 Å². The summed E-state index contributed by atoms with van der Waals surface area (Å²) < 4.78 is 20.7. The fourth-order valence-corrected chi connectivity index (χ4v) is 7.66. The Labute approximate surface area is 312 Å². The zero-order valence-corrected chi connectivity index (χ0v) is 31.6. The summed E-state index contributed by atoms with van der Waals surface area (Å²) >= 11 is 1.47. The Morgan fingerprint density at radius 1 is 1.13 bits per heavy atom. The normalized spacial score (nSPS) is 20.4. The number of nitrogens with one attached hydrogen (secondary N) is 3. The lowest BCUT2D eigenvalue weighted by Gasteiger charge is -2.35. The maximum atomic E-state index is 14.6. The van der Waals surface area contributed by atoms with Gasteiger partial charge in [-0.2, -0.15) is 0 Å². The molecular weight excluding hydrogens is 708 g/mol. The average Bonchev–Trinajstić information content (AvgIpc) is 3.52. The highest BCUT2D eigenvalue weighted by Crippen LogP contribution is 2.40. The van der Waals surface area contributed by atoms with Gasteiger partial charge in [-0.25, -0.2) is 14.2 Å². The van der Waals surface area contributed by atoms with Gasteiger partial charge in [0.25, 0.3) is 11.8 Å². The predicted octanol–water partition coefficient (Wildman–Crippen LogP) is 3.39. The Morgan fingerprint density at radius 2 is 1.85 bits per heavy atom. The Balaban J connectivity index is 1.23. The largest absolute Gasteiger partial charge is 0.483 e. The molecule has 5 N–H and O–H groups in total. The van der Waals surface area contributed by atoms with E-state index in [1.807, 2.05) is 25.1 Å². The standard InChI is InChI=1S/C37H51FN6O8S/c1-22-30(53-21-41-22)24-7-8-25(28(16-24)52-20-29(46)43-14-9-23(10-15-43)6-5-13-39-35(50)51)18-40-32(47)27-17-26(45)19-44(27)33(48)31(36(2,3)4)42-34(49)37(38)11-12-37/h7-8,16,21,23,26-27,31,39,45H,5-6,9-15,17-20H2,1-4H3,(H,40,47)(H,42,49)(H,50,51)/t26-,27+,31?/m0/s1. The summed E-state index contributed by atoms with van der Waals surface area (Å²) in [6.07, 6.45) is 1.47. The number of aliphatic hydroxyl groups is 1. The molecule has 14 nitrogen and oxygen atoms in total. The van der Waals surface area contributed by atoms with Crippen molar-refractivity contribution in [2.75, 3.05) is 32.8 Å². The highest BCUT2D eigenvalue weighted by atomic mass is 32.1. The molecule has 3 atom stereocenters. The van der Waals surface area contributed by atoms with Crippen molar-refractivity contribution in [3.05, 3.63) is 35.0 Å². The van der Waals surface area contributed by atoms with Crippen LogP contribution in [0.4, 0.5) is 9.18 Å². The van der Waals surface area contributed by atoms with Crippen molar-refractivity contribution < 1.29 is 43.3 Å². The number of rotatable bonds is 14. The van der Waals surface area contributed by atoms with Crippen LogP contribution < -0.4 is 20.7 Å². The first-order valence-electron chi connectivity index (χ1n) is 18.2. The van der Waals surface area contributed by atoms with Gasteiger partial charge in [-0.15, -0.1) is 11.3 Å². The molecule has 5 amide bonds. The van der Waals surface area contributed by atoms with E-state index in [0.29, 0.717) is 36.9 Å². The van der Waals surface area contributed by atoms with Crippen molar-refractivity contribution in [2.24, 2.45) is 11.3 Å². The molecule has 2 saturated heterocycles. The number of aryl methyl sites for hydroxylation is 1. The second-order valence-electron chi connectivity index (χ2n) is 15.4. The lowest BCUT2D eigenvalue weighted by atomic mass is 9.85. The van der Waals surface area contributed by atoms with Crippen LogP contribution in [0.1, 0.15) is 77.0 Å². The van der Waals surface area contributed by atoms with E-state index in [2.05, 4.69) is 20.9 Å². The first kappa shape index (κ1) is 39.9. The molecule has 1 saturated carbocycles. The molecule has 1 aromatic heterocycles. The summed E-state index contributed by atoms with van der Waals surface area (Å²) in [5.74, 6) is -1.27. The van der Waals surface area contributed by atoms with E-state index >= 15 is 0 Å². The van der Waals surface area contributed by atoms with Gasteiger partial charge < -0.3 is 40.7 Å². The lowest BCUT2D eigenvalue weighted by Crippen LogP contribution is -2.59. The zero-order chi connectivity index (χ0) is 38.5. The maximum absolute atomic E-state index is 14.6. The lowest BCUT2D eigenvalue weighted by molar-refractivity contribution is -0.145. The first-order chi connectivity index (χ1) is 25.1. The minimum Gasteiger partial charge on any atom is -0.483 e. The molecule has 5 rings (SSSR count). The van der Waals surface area contributed by atoms with Crippen LogP contribution in [0.3, 0.4) is 0 Å². The van der Waals surface area contributed by atoms with E-state index in [-0.39, 0.29) is 44.9 Å². The summed E-state index contributed by atoms with van der Waals surface area (Å²) in [5.41, 5.74) is 1.24. The van der Waals surface area contributed by atoms with Gasteiger partial charge in [-0.1, -0.05) is 32.9 Å². The SMILES string of the molecule is Cc1ncsc1-c1ccc(CNC(=O)[C@H]2C[C@H](O)CN2C(=O)C(NC(=O)C2(F)CC2)C(C)(C)C)c(OCC(=O)N2CCC(CCCNC(=O)O)CC2)c1. The molecule has 1 unspecified atom stereocenters. The Morgan fingerprint density at radius 3 is 2.47 bits per heavy atom. The minimum absolute atomic E-state index is 0.00483. The monoisotopic (exact) mass is 758 g/mol. The molecule has 1 aromatic carbocycles. The number of thiazole rings is 1. The van der Waals surface area contributed by atoms with E-state index in [9.17, 15) is 33.5 Å². The summed E-state index contributed by atoms with van der Waals surface area (Å²) in [5, 5.41) is 27.1. The number of aromatic nitrogens is 1. The van der Waals surface area contributed by atoms with Crippen molar-refractivity contribution in [1.29, 1.82) is 0 Å². The third-order valence-corrected chi connectivity index (χ3v) is 11.2. The number of likely N-dealkylation sites (tertiary alicyclic amines) is 2. The van der Waals surface area contributed by atoms with Gasteiger partial charge in [0.15, 0.2) is 12.3 Å². The molecule has 0 spiro atoms. The zero-order valence-electron chi connectivity index (χ0n) is 30.8. The third-order valence-electron chi connectivity index (χ3n) is 10.3. The number of amides is 5. The Kier molecular flexibility index (Phi) is 12.6. The van der Waals surface area contributed by atoms with Crippen molar-refractivity contribution >= 4 is 41.1 Å². The van der Waals surface area contributed by atoms with Crippen LogP contribution in [0, 0.1) is 18.3 Å². The van der Waals surface area contributed by atoms with Crippen molar-refractivity contribution in [2.45, 2.75) is 103 Å². The van der Waals surface area contributed by atoms with E-state index in [4.69, 9.17) is 9.84 Å². The number of benzene rings is 1. The second kappa shape index (κ2) is 16.8. The third kappa shape index (κ3) is 10.2. The highest BCUT2D eigenvalue weighted by Gasteiger charge is 2.53. The van der Waals surface area contributed by atoms with E-state index in [1.165, 1.54) is 16.2 Å². The Bertz CT molecular complexity index is 1670. The fraction of sp³-hybridized carbons (Fsp3) is 0.622. The number of hydrogen-bond donors (Lipinski definition) is 5. The molecule has 0 radical (unpaired) electrons.